The number of rotatable bonds is 5. The first-order valence-corrected chi connectivity index (χ1v) is 5.63. The van der Waals surface area contributed by atoms with E-state index in [1.54, 1.807) is 6.21 Å². The maximum absolute atomic E-state index is 11.3. The van der Waals surface area contributed by atoms with Gasteiger partial charge in [0.15, 0.2) is 0 Å². The number of esters is 2. The molecule has 1 rings (SSSR count). The lowest BCUT2D eigenvalue weighted by molar-refractivity contribution is -0.144. The Labute approximate surface area is 111 Å². The molecule has 0 spiro atoms. The molecule has 0 heterocycles. The number of hydrogen-bond acceptors (Lipinski definition) is 5. The van der Waals surface area contributed by atoms with Crippen molar-refractivity contribution in [1.29, 1.82) is 0 Å². The molecule has 0 aliphatic rings. The summed E-state index contributed by atoms with van der Waals surface area (Å²) in [4.78, 5) is 26.9. The van der Waals surface area contributed by atoms with Gasteiger partial charge in [0.1, 0.15) is 5.57 Å². The van der Waals surface area contributed by atoms with E-state index in [0.29, 0.717) is 6.42 Å². The van der Waals surface area contributed by atoms with Crippen LogP contribution < -0.4 is 0 Å². The summed E-state index contributed by atoms with van der Waals surface area (Å²) in [6.45, 7) is 0. The van der Waals surface area contributed by atoms with Crippen molar-refractivity contribution in [1.82, 2.24) is 0 Å². The summed E-state index contributed by atoms with van der Waals surface area (Å²) in [6.07, 6.45) is 3.35. The third-order valence-electron chi connectivity index (χ3n) is 2.23. The van der Waals surface area contributed by atoms with E-state index in [1.807, 2.05) is 30.3 Å². The number of allylic oxidation sites excluding steroid dienone is 1. The van der Waals surface area contributed by atoms with Crippen molar-refractivity contribution >= 4 is 23.8 Å². The fourth-order valence-electron chi connectivity index (χ4n) is 1.31. The minimum atomic E-state index is -0.722. The number of methoxy groups -OCH3 is 2. The standard InChI is InChI=1S/C14H15NO4/c1-18-13(16)12(14(17)19-2)9-6-10-15-11-7-4-3-5-8-11/h3-5,7-10H,6H2,1-2H3. The van der Waals surface area contributed by atoms with E-state index < -0.39 is 11.9 Å². The molecule has 0 amide bonds. The molecule has 0 atom stereocenters. The van der Waals surface area contributed by atoms with E-state index in [9.17, 15) is 9.59 Å². The molecule has 19 heavy (non-hydrogen) atoms. The Hall–Kier alpha value is -2.43. The zero-order valence-corrected chi connectivity index (χ0v) is 10.8. The first-order chi connectivity index (χ1) is 9.19. The third kappa shape index (κ3) is 4.75. The topological polar surface area (TPSA) is 65.0 Å². The maximum Gasteiger partial charge on any atom is 0.344 e. The predicted octanol–water partition coefficient (Wildman–Crippen LogP) is 2.05. The van der Waals surface area contributed by atoms with Crippen LogP contribution in [-0.2, 0) is 19.1 Å². The van der Waals surface area contributed by atoms with Gasteiger partial charge in [-0.15, -0.1) is 0 Å². The van der Waals surface area contributed by atoms with Gasteiger partial charge in [-0.3, -0.25) is 4.99 Å². The number of benzene rings is 1. The van der Waals surface area contributed by atoms with Gasteiger partial charge in [-0.2, -0.15) is 0 Å². The minimum absolute atomic E-state index is 0.135. The molecule has 5 heteroatoms. The predicted molar refractivity (Wildman–Crippen MR) is 71.3 cm³/mol. The van der Waals surface area contributed by atoms with Gasteiger partial charge >= 0.3 is 11.9 Å². The van der Waals surface area contributed by atoms with Gasteiger partial charge in [0.25, 0.3) is 0 Å². The molecule has 0 fully saturated rings. The third-order valence-corrected chi connectivity index (χ3v) is 2.23. The first-order valence-electron chi connectivity index (χ1n) is 5.63. The molecule has 100 valence electrons. The summed E-state index contributed by atoms with van der Waals surface area (Å²) in [5, 5.41) is 0. The normalized spacial score (nSPS) is 10.0. The minimum Gasteiger partial charge on any atom is -0.465 e. The number of ether oxygens (including phenoxy) is 2. The van der Waals surface area contributed by atoms with Crippen molar-refractivity contribution in [2.24, 2.45) is 4.99 Å². The molecular formula is C14H15NO4. The monoisotopic (exact) mass is 261 g/mol. The average Bonchev–Trinajstić information content (AvgIpc) is 2.47. The molecule has 0 aliphatic heterocycles. The molecule has 1 aromatic carbocycles. The van der Waals surface area contributed by atoms with Gasteiger partial charge in [-0.1, -0.05) is 24.3 Å². The van der Waals surface area contributed by atoms with E-state index in [4.69, 9.17) is 0 Å². The van der Waals surface area contributed by atoms with Crippen molar-refractivity contribution in [2.75, 3.05) is 14.2 Å². The van der Waals surface area contributed by atoms with Gasteiger partial charge in [-0.25, -0.2) is 9.59 Å². The van der Waals surface area contributed by atoms with E-state index in [-0.39, 0.29) is 5.57 Å². The largest absolute Gasteiger partial charge is 0.465 e. The van der Waals surface area contributed by atoms with Crippen molar-refractivity contribution in [3.8, 4) is 0 Å². The van der Waals surface area contributed by atoms with Gasteiger partial charge in [0.2, 0.25) is 0 Å². The maximum atomic E-state index is 11.3. The molecule has 0 N–H and O–H groups in total. The van der Waals surface area contributed by atoms with Crippen LogP contribution in [-0.4, -0.2) is 32.4 Å². The molecule has 0 aromatic heterocycles. The second-order valence-electron chi connectivity index (χ2n) is 3.48. The van der Waals surface area contributed by atoms with Crippen LogP contribution in [0.5, 0.6) is 0 Å². The summed E-state index contributed by atoms with van der Waals surface area (Å²) in [7, 11) is 2.41. The van der Waals surface area contributed by atoms with E-state index >= 15 is 0 Å². The van der Waals surface area contributed by atoms with Gasteiger partial charge in [0, 0.05) is 12.6 Å². The van der Waals surface area contributed by atoms with Crippen LogP contribution in [0.4, 0.5) is 5.69 Å². The molecule has 0 unspecified atom stereocenters. The van der Waals surface area contributed by atoms with Crippen molar-refractivity contribution < 1.29 is 19.1 Å². The fourth-order valence-corrected chi connectivity index (χ4v) is 1.31. The molecule has 5 nitrogen and oxygen atoms in total. The SMILES string of the molecule is COC(=O)C(=CCC=Nc1ccccc1)C(=O)OC. The number of carbonyl (C=O) groups is 2. The Balaban J connectivity index is 2.69. The zero-order valence-electron chi connectivity index (χ0n) is 10.8. The van der Waals surface area contributed by atoms with Gasteiger partial charge < -0.3 is 9.47 Å². The second-order valence-corrected chi connectivity index (χ2v) is 3.48. The van der Waals surface area contributed by atoms with Crippen LogP contribution in [0, 0.1) is 0 Å². The number of hydrogen-bond donors (Lipinski definition) is 0. The van der Waals surface area contributed by atoms with E-state index in [2.05, 4.69) is 14.5 Å². The smallest absolute Gasteiger partial charge is 0.344 e. The average molecular weight is 261 g/mol. The van der Waals surface area contributed by atoms with Crippen molar-refractivity contribution in [3.05, 3.63) is 42.0 Å². The highest BCUT2D eigenvalue weighted by atomic mass is 16.5. The van der Waals surface area contributed by atoms with Gasteiger partial charge in [-0.05, 0) is 12.1 Å². The zero-order chi connectivity index (χ0) is 14.1. The number of nitrogens with zero attached hydrogens (tertiary/aromatic N) is 1. The highest BCUT2D eigenvalue weighted by Gasteiger charge is 2.18. The highest BCUT2D eigenvalue weighted by Crippen LogP contribution is 2.09. The summed E-state index contributed by atoms with van der Waals surface area (Å²) < 4.78 is 9.00. The number of carbonyl (C=O) groups excluding carboxylic acids is 2. The summed E-state index contributed by atoms with van der Waals surface area (Å²) >= 11 is 0. The number of para-hydroxylation sites is 1. The van der Waals surface area contributed by atoms with Crippen molar-refractivity contribution in [2.45, 2.75) is 6.42 Å². The first kappa shape index (κ1) is 14.6. The van der Waals surface area contributed by atoms with Crippen LogP contribution in [0.25, 0.3) is 0 Å². The molecule has 0 saturated carbocycles. The lowest BCUT2D eigenvalue weighted by atomic mass is 10.2. The van der Waals surface area contributed by atoms with Gasteiger partial charge in [0.05, 0.1) is 19.9 Å². The van der Waals surface area contributed by atoms with Crippen LogP contribution in [0.3, 0.4) is 0 Å². The summed E-state index contributed by atoms with van der Waals surface area (Å²) in [6, 6.07) is 9.34. The van der Waals surface area contributed by atoms with Crippen LogP contribution in [0.2, 0.25) is 0 Å². The molecule has 0 bridgehead atoms. The van der Waals surface area contributed by atoms with Crippen LogP contribution in [0.15, 0.2) is 47.0 Å². The Morgan fingerprint density at radius 3 is 2.21 bits per heavy atom. The van der Waals surface area contributed by atoms with Crippen molar-refractivity contribution in [3.63, 3.8) is 0 Å². The quantitative estimate of drug-likeness (QED) is 0.267. The van der Waals surface area contributed by atoms with E-state index in [1.165, 1.54) is 20.3 Å². The van der Waals surface area contributed by atoms with Crippen LogP contribution in [0.1, 0.15) is 6.42 Å². The Morgan fingerprint density at radius 1 is 1.11 bits per heavy atom. The fraction of sp³-hybridized carbons (Fsp3) is 0.214. The lowest BCUT2D eigenvalue weighted by Gasteiger charge is -2.01. The Kier molecular flexibility index (Phi) is 6.02. The molecule has 0 radical (unpaired) electrons. The Bertz CT molecular complexity index is 473. The highest BCUT2D eigenvalue weighted by molar-refractivity contribution is 6.14. The summed E-state index contributed by atoms with van der Waals surface area (Å²) in [5.74, 6) is -1.44. The molecule has 1 aromatic rings. The van der Waals surface area contributed by atoms with E-state index in [0.717, 1.165) is 5.69 Å². The molecule has 0 saturated heterocycles. The second kappa shape index (κ2) is 7.81. The van der Waals surface area contributed by atoms with Crippen LogP contribution >= 0.6 is 0 Å². The number of aliphatic imine (C=N–C) groups is 1. The lowest BCUT2D eigenvalue weighted by Crippen LogP contribution is -2.15. The summed E-state index contributed by atoms with van der Waals surface area (Å²) in [5.41, 5.74) is 0.665. The molecular weight excluding hydrogens is 246 g/mol. The molecule has 0 aliphatic carbocycles. The Morgan fingerprint density at radius 2 is 1.68 bits per heavy atom.